The number of fused-ring (bicyclic) bond motifs is 3. The summed E-state index contributed by atoms with van der Waals surface area (Å²) in [6, 6.07) is 22.4. The van der Waals surface area contributed by atoms with Gasteiger partial charge in [0, 0.05) is 22.4 Å². The molecule has 0 radical (unpaired) electrons. The van der Waals surface area contributed by atoms with Gasteiger partial charge in [0.05, 0.1) is 10.6 Å². The van der Waals surface area contributed by atoms with E-state index in [1.807, 2.05) is 80.6 Å². The highest BCUT2D eigenvalue weighted by Gasteiger charge is 2.22. The van der Waals surface area contributed by atoms with Crippen LogP contribution in [-0.2, 0) is 10.0 Å². The molecule has 0 unspecified atom stereocenters. The number of rotatable bonds is 5. The molecule has 3 aromatic carbocycles. The molecule has 0 saturated carbocycles. The van der Waals surface area contributed by atoms with Crippen molar-refractivity contribution in [2.75, 3.05) is 0 Å². The Bertz CT molecular complexity index is 1590. The van der Waals surface area contributed by atoms with Crippen molar-refractivity contribution >= 4 is 26.4 Å². The van der Waals surface area contributed by atoms with Crippen molar-refractivity contribution in [1.29, 1.82) is 0 Å². The summed E-state index contributed by atoms with van der Waals surface area (Å²) in [6.45, 7) is 5.47. The number of sulfonamides is 1. The van der Waals surface area contributed by atoms with E-state index < -0.39 is 10.0 Å². The van der Waals surface area contributed by atoms with Gasteiger partial charge in [-0.2, -0.15) is 9.61 Å². The molecule has 0 aliphatic rings. The molecule has 33 heavy (non-hydrogen) atoms. The van der Waals surface area contributed by atoms with Crippen LogP contribution in [0.2, 0.25) is 0 Å². The fraction of sp³-hybridized carbons (Fsp3) is 0.160. The zero-order chi connectivity index (χ0) is 23.2. The Morgan fingerprint density at radius 3 is 2.33 bits per heavy atom. The molecule has 5 rings (SSSR count). The molecule has 8 heteroatoms. The molecule has 0 aliphatic heterocycles. The highest BCUT2D eigenvalue weighted by atomic mass is 32.2. The third-order valence-electron chi connectivity index (χ3n) is 5.80. The first-order valence-electron chi connectivity index (χ1n) is 10.6. The summed E-state index contributed by atoms with van der Waals surface area (Å²) >= 11 is 0. The summed E-state index contributed by atoms with van der Waals surface area (Å²) in [5.41, 5.74) is 3.62. The lowest BCUT2D eigenvalue weighted by atomic mass is 10.0. The average Bonchev–Trinajstić information content (AvgIpc) is 3.20. The van der Waals surface area contributed by atoms with E-state index in [-0.39, 0.29) is 10.9 Å². The van der Waals surface area contributed by atoms with Gasteiger partial charge >= 0.3 is 0 Å². The topological polar surface area (TPSA) is 89.2 Å². The third-order valence-corrected chi connectivity index (χ3v) is 7.48. The summed E-state index contributed by atoms with van der Waals surface area (Å²) in [4.78, 5) is 0.231. The van der Waals surface area contributed by atoms with Crippen LogP contribution in [0.15, 0.2) is 77.7 Å². The van der Waals surface area contributed by atoms with Gasteiger partial charge in [-0.3, -0.25) is 0 Å². The molecular formula is C25H23N5O2S. The van der Waals surface area contributed by atoms with Crippen molar-refractivity contribution in [2.24, 2.45) is 0 Å². The lowest BCUT2D eigenvalue weighted by Gasteiger charge is -2.17. The average molecular weight is 458 g/mol. The molecule has 0 amide bonds. The van der Waals surface area contributed by atoms with Gasteiger partial charge in [0.1, 0.15) is 0 Å². The first kappa shape index (κ1) is 21.2. The van der Waals surface area contributed by atoms with Crippen LogP contribution in [0.1, 0.15) is 29.9 Å². The van der Waals surface area contributed by atoms with Crippen LogP contribution in [0.4, 0.5) is 0 Å². The second kappa shape index (κ2) is 8.06. The van der Waals surface area contributed by atoms with Crippen LogP contribution in [0, 0.1) is 13.8 Å². The molecule has 1 atom stereocenters. The molecular weight excluding hydrogens is 434 g/mol. The minimum Gasteiger partial charge on any atom is -0.207 e. The van der Waals surface area contributed by atoms with E-state index in [1.54, 1.807) is 17.5 Å². The standard InChI is InChI=1S/C25H23N5O2S/c1-16-13-14-20(15-23(16)33(31,32)29-17(2)19-9-5-4-6-10-19)24-21-11-7-8-12-22(21)25-27-26-18(3)30(25)28-24/h4-15,17,29H,1-3H3/t17-/m0/s1. The Morgan fingerprint density at radius 1 is 0.879 bits per heavy atom. The molecule has 7 nitrogen and oxygen atoms in total. The predicted octanol–water partition coefficient (Wildman–Crippen LogP) is 4.60. The molecule has 2 heterocycles. The number of benzene rings is 3. The van der Waals surface area contributed by atoms with Crippen molar-refractivity contribution in [1.82, 2.24) is 24.5 Å². The van der Waals surface area contributed by atoms with Crippen LogP contribution < -0.4 is 4.72 Å². The second-order valence-corrected chi connectivity index (χ2v) is 9.79. The number of aromatic nitrogens is 4. The molecule has 1 N–H and O–H groups in total. The molecule has 0 spiro atoms. The number of hydrogen-bond acceptors (Lipinski definition) is 5. The fourth-order valence-corrected chi connectivity index (χ4v) is 5.54. The Labute approximate surface area is 192 Å². The second-order valence-electron chi connectivity index (χ2n) is 8.11. The first-order valence-corrected chi connectivity index (χ1v) is 12.1. The van der Waals surface area contributed by atoms with Crippen LogP contribution >= 0.6 is 0 Å². The van der Waals surface area contributed by atoms with Gasteiger partial charge in [0.2, 0.25) is 10.0 Å². The first-order chi connectivity index (χ1) is 15.8. The Morgan fingerprint density at radius 2 is 1.58 bits per heavy atom. The van der Waals surface area contributed by atoms with Crippen molar-refractivity contribution in [2.45, 2.75) is 31.7 Å². The highest BCUT2D eigenvalue weighted by molar-refractivity contribution is 7.89. The number of aryl methyl sites for hydroxylation is 2. The molecule has 2 aromatic heterocycles. The fourth-order valence-electron chi connectivity index (χ4n) is 4.04. The van der Waals surface area contributed by atoms with Gasteiger partial charge in [-0.1, -0.05) is 66.7 Å². The molecule has 5 aromatic rings. The smallest absolute Gasteiger partial charge is 0.207 e. The Hall–Kier alpha value is -3.62. The summed E-state index contributed by atoms with van der Waals surface area (Å²) in [5.74, 6) is 0.662. The third kappa shape index (κ3) is 3.77. The zero-order valence-corrected chi connectivity index (χ0v) is 19.3. The zero-order valence-electron chi connectivity index (χ0n) is 18.5. The van der Waals surface area contributed by atoms with E-state index in [0.717, 1.165) is 16.3 Å². The number of nitrogens with one attached hydrogen (secondary N) is 1. The van der Waals surface area contributed by atoms with E-state index in [9.17, 15) is 8.42 Å². The van der Waals surface area contributed by atoms with Gasteiger partial charge in [0.15, 0.2) is 11.5 Å². The molecule has 0 saturated heterocycles. The van der Waals surface area contributed by atoms with Gasteiger partial charge in [-0.15, -0.1) is 10.2 Å². The molecule has 0 aliphatic carbocycles. The lowest BCUT2D eigenvalue weighted by Crippen LogP contribution is -2.27. The Kier molecular flexibility index (Phi) is 5.19. The molecule has 0 bridgehead atoms. The SMILES string of the molecule is Cc1ccc(-c2nn3c(C)nnc3c3ccccc23)cc1S(=O)(=O)N[C@@H](C)c1ccccc1. The minimum absolute atomic E-state index is 0.231. The van der Waals surface area contributed by atoms with Crippen molar-refractivity contribution in [3.63, 3.8) is 0 Å². The van der Waals surface area contributed by atoms with E-state index in [0.29, 0.717) is 28.3 Å². The van der Waals surface area contributed by atoms with Crippen molar-refractivity contribution < 1.29 is 8.42 Å². The summed E-state index contributed by atoms with van der Waals surface area (Å²) in [5, 5.41) is 15.0. The predicted molar refractivity (Wildman–Crippen MR) is 128 cm³/mol. The lowest BCUT2D eigenvalue weighted by molar-refractivity contribution is 0.566. The maximum absolute atomic E-state index is 13.4. The summed E-state index contributed by atoms with van der Waals surface area (Å²) in [7, 11) is -3.77. The van der Waals surface area contributed by atoms with Gasteiger partial charge < -0.3 is 0 Å². The van der Waals surface area contributed by atoms with Crippen LogP contribution in [0.25, 0.3) is 27.7 Å². The van der Waals surface area contributed by atoms with E-state index in [2.05, 4.69) is 14.9 Å². The summed E-state index contributed by atoms with van der Waals surface area (Å²) < 4.78 is 31.2. The van der Waals surface area contributed by atoms with Crippen molar-refractivity contribution in [3.8, 4) is 11.3 Å². The number of nitrogens with zero attached hydrogens (tertiary/aromatic N) is 4. The van der Waals surface area contributed by atoms with Gasteiger partial charge in [-0.05, 0) is 38.0 Å². The number of hydrogen-bond donors (Lipinski definition) is 1. The summed E-state index contributed by atoms with van der Waals surface area (Å²) in [6.07, 6.45) is 0. The van der Waals surface area contributed by atoms with Crippen molar-refractivity contribution in [3.05, 3.63) is 89.7 Å². The van der Waals surface area contributed by atoms with E-state index in [1.165, 1.54) is 0 Å². The van der Waals surface area contributed by atoms with Crippen LogP contribution in [-0.4, -0.2) is 28.2 Å². The largest absolute Gasteiger partial charge is 0.241 e. The monoisotopic (exact) mass is 457 g/mol. The highest BCUT2D eigenvalue weighted by Crippen LogP contribution is 2.31. The minimum atomic E-state index is -3.77. The van der Waals surface area contributed by atoms with Crippen LogP contribution in [0.5, 0.6) is 0 Å². The van der Waals surface area contributed by atoms with E-state index in [4.69, 9.17) is 5.10 Å². The van der Waals surface area contributed by atoms with E-state index >= 15 is 0 Å². The maximum atomic E-state index is 13.4. The van der Waals surface area contributed by atoms with Gasteiger partial charge in [0.25, 0.3) is 0 Å². The Balaban J connectivity index is 1.63. The normalized spacial score (nSPS) is 12.9. The quantitative estimate of drug-likeness (QED) is 0.417. The van der Waals surface area contributed by atoms with Gasteiger partial charge in [-0.25, -0.2) is 13.1 Å². The van der Waals surface area contributed by atoms with Crippen LogP contribution in [0.3, 0.4) is 0 Å². The molecule has 0 fully saturated rings. The molecule has 166 valence electrons. The maximum Gasteiger partial charge on any atom is 0.241 e.